The molecule has 0 spiro atoms. The monoisotopic (exact) mass is 310 g/mol. The number of methoxy groups -OCH3 is 1. The lowest BCUT2D eigenvalue weighted by atomic mass is 10.1. The maximum Gasteiger partial charge on any atom is 0.223 e. The Morgan fingerprint density at radius 1 is 1.04 bits per heavy atom. The van der Waals surface area contributed by atoms with Gasteiger partial charge < -0.3 is 14.0 Å². The van der Waals surface area contributed by atoms with Gasteiger partial charge in [0.1, 0.15) is 6.61 Å². The molecule has 0 unspecified atom stereocenters. The third kappa shape index (κ3) is 3.51. The highest BCUT2D eigenvalue weighted by atomic mass is 16.5. The molecular formula is C18H18N2O3. The lowest BCUT2D eigenvalue weighted by Crippen LogP contribution is -1.98. The molecule has 0 saturated carbocycles. The van der Waals surface area contributed by atoms with Crippen LogP contribution in [-0.4, -0.2) is 17.3 Å². The number of nitrogens with zero attached hydrogens (tertiary/aromatic N) is 2. The van der Waals surface area contributed by atoms with Gasteiger partial charge in [-0.05, 0) is 30.7 Å². The second-order valence-corrected chi connectivity index (χ2v) is 5.28. The first kappa shape index (κ1) is 15.1. The van der Waals surface area contributed by atoms with E-state index in [1.165, 1.54) is 5.56 Å². The quantitative estimate of drug-likeness (QED) is 0.714. The summed E-state index contributed by atoms with van der Waals surface area (Å²) in [4.78, 5) is 4.22. The molecule has 0 amide bonds. The summed E-state index contributed by atoms with van der Waals surface area (Å²) in [6, 6.07) is 13.8. The number of ether oxygens (including phenoxy) is 2. The molecule has 0 radical (unpaired) electrons. The second kappa shape index (κ2) is 6.52. The van der Waals surface area contributed by atoms with Crippen LogP contribution in [0.5, 0.6) is 11.5 Å². The molecule has 1 heterocycles. The van der Waals surface area contributed by atoms with Crippen LogP contribution in [0.1, 0.15) is 17.0 Å². The Morgan fingerprint density at radius 2 is 1.91 bits per heavy atom. The Labute approximate surface area is 134 Å². The van der Waals surface area contributed by atoms with E-state index in [2.05, 4.69) is 29.2 Å². The summed E-state index contributed by atoms with van der Waals surface area (Å²) in [7, 11) is 1.61. The minimum Gasteiger partial charge on any atom is -0.493 e. The Morgan fingerprint density at radius 3 is 2.61 bits per heavy atom. The average Bonchev–Trinajstić information content (AvgIpc) is 2.99. The van der Waals surface area contributed by atoms with E-state index in [1.54, 1.807) is 14.0 Å². The summed E-state index contributed by atoms with van der Waals surface area (Å²) in [5.41, 5.74) is 3.15. The molecule has 0 aliphatic heterocycles. The minimum absolute atomic E-state index is 0.485. The van der Waals surface area contributed by atoms with Gasteiger partial charge in [-0.1, -0.05) is 35.0 Å². The fraction of sp³-hybridized carbons (Fsp3) is 0.222. The third-order valence-electron chi connectivity index (χ3n) is 3.43. The van der Waals surface area contributed by atoms with Crippen molar-refractivity contribution in [3.63, 3.8) is 0 Å². The van der Waals surface area contributed by atoms with Crippen LogP contribution < -0.4 is 9.47 Å². The van der Waals surface area contributed by atoms with Crippen LogP contribution >= 0.6 is 0 Å². The lowest BCUT2D eigenvalue weighted by Gasteiger charge is -2.11. The van der Waals surface area contributed by atoms with Crippen LogP contribution in [0.3, 0.4) is 0 Å². The van der Waals surface area contributed by atoms with Gasteiger partial charge in [-0.2, -0.15) is 4.98 Å². The van der Waals surface area contributed by atoms with Crippen molar-refractivity contribution in [3.8, 4) is 22.9 Å². The van der Waals surface area contributed by atoms with E-state index in [4.69, 9.17) is 14.0 Å². The second-order valence-electron chi connectivity index (χ2n) is 5.28. The van der Waals surface area contributed by atoms with Crippen molar-refractivity contribution in [1.29, 1.82) is 0 Å². The molecular weight excluding hydrogens is 292 g/mol. The standard InChI is InChI=1S/C18H18N2O3/c1-12-5-4-6-14(9-12)11-22-16-8-7-15(10-17(16)21-3)18-19-13(2)23-20-18/h4-10H,11H2,1-3H3. The largest absolute Gasteiger partial charge is 0.493 e. The van der Waals surface area contributed by atoms with Crippen LogP contribution in [0.25, 0.3) is 11.4 Å². The van der Waals surface area contributed by atoms with E-state index in [9.17, 15) is 0 Å². The van der Waals surface area contributed by atoms with E-state index in [0.29, 0.717) is 29.8 Å². The molecule has 0 aliphatic carbocycles. The maximum atomic E-state index is 5.88. The van der Waals surface area contributed by atoms with Gasteiger partial charge in [0.05, 0.1) is 7.11 Å². The molecule has 0 fully saturated rings. The van der Waals surface area contributed by atoms with Crippen molar-refractivity contribution in [1.82, 2.24) is 10.1 Å². The molecule has 0 aliphatic rings. The van der Waals surface area contributed by atoms with Gasteiger partial charge >= 0.3 is 0 Å². The van der Waals surface area contributed by atoms with Gasteiger partial charge in [-0.25, -0.2) is 0 Å². The van der Waals surface area contributed by atoms with Crippen LogP contribution in [0.4, 0.5) is 0 Å². The zero-order valence-electron chi connectivity index (χ0n) is 13.4. The van der Waals surface area contributed by atoms with Gasteiger partial charge in [0.25, 0.3) is 0 Å². The number of aromatic nitrogens is 2. The topological polar surface area (TPSA) is 57.4 Å². The fourth-order valence-electron chi connectivity index (χ4n) is 2.31. The van der Waals surface area contributed by atoms with Gasteiger partial charge in [-0.3, -0.25) is 0 Å². The summed E-state index contributed by atoms with van der Waals surface area (Å²) in [5.74, 6) is 2.38. The molecule has 5 heteroatoms. The highest BCUT2D eigenvalue weighted by Gasteiger charge is 2.11. The molecule has 0 atom stereocenters. The highest BCUT2D eigenvalue weighted by Crippen LogP contribution is 2.32. The predicted molar refractivity (Wildman–Crippen MR) is 86.5 cm³/mol. The zero-order valence-corrected chi connectivity index (χ0v) is 13.4. The Balaban J connectivity index is 1.79. The van der Waals surface area contributed by atoms with Crippen molar-refractivity contribution in [2.75, 3.05) is 7.11 Å². The van der Waals surface area contributed by atoms with Crippen LogP contribution in [-0.2, 0) is 6.61 Å². The molecule has 1 aromatic heterocycles. The Bertz CT molecular complexity index is 812. The molecule has 0 N–H and O–H groups in total. The highest BCUT2D eigenvalue weighted by molar-refractivity contribution is 5.60. The van der Waals surface area contributed by atoms with E-state index in [-0.39, 0.29) is 0 Å². The van der Waals surface area contributed by atoms with E-state index in [1.807, 2.05) is 30.3 Å². The van der Waals surface area contributed by atoms with E-state index >= 15 is 0 Å². The first-order chi connectivity index (χ1) is 11.2. The van der Waals surface area contributed by atoms with Gasteiger partial charge in [-0.15, -0.1) is 0 Å². The molecule has 23 heavy (non-hydrogen) atoms. The molecule has 5 nitrogen and oxygen atoms in total. The van der Waals surface area contributed by atoms with Crippen molar-refractivity contribution in [2.24, 2.45) is 0 Å². The molecule has 3 rings (SSSR count). The van der Waals surface area contributed by atoms with E-state index in [0.717, 1.165) is 11.1 Å². The predicted octanol–water partition coefficient (Wildman–Crippen LogP) is 3.94. The third-order valence-corrected chi connectivity index (χ3v) is 3.43. The number of aryl methyl sites for hydroxylation is 2. The molecule has 0 saturated heterocycles. The number of rotatable bonds is 5. The maximum absolute atomic E-state index is 5.88. The first-order valence-corrected chi connectivity index (χ1v) is 7.33. The molecule has 3 aromatic rings. The summed E-state index contributed by atoms with van der Waals surface area (Å²) >= 11 is 0. The number of hydrogen-bond donors (Lipinski definition) is 0. The van der Waals surface area contributed by atoms with Crippen molar-refractivity contribution in [2.45, 2.75) is 20.5 Å². The molecule has 0 bridgehead atoms. The normalized spacial score (nSPS) is 10.6. The van der Waals surface area contributed by atoms with Crippen molar-refractivity contribution >= 4 is 0 Å². The lowest BCUT2D eigenvalue weighted by molar-refractivity contribution is 0.284. The fourth-order valence-corrected chi connectivity index (χ4v) is 2.31. The molecule has 118 valence electrons. The van der Waals surface area contributed by atoms with E-state index < -0.39 is 0 Å². The van der Waals surface area contributed by atoms with Gasteiger partial charge in [0.15, 0.2) is 11.5 Å². The smallest absolute Gasteiger partial charge is 0.223 e. The van der Waals surface area contributed by atoms with Gasteiger partial charge in [0, 0.05) is 12.5 Å². The van der Waals surface area contributed by atoms with Crippen molar-refractivity contribution in [3.05, 3.63) is 59.5 Å². The number of hydrogen-bond acceptors (Lipinski definition) is 5. The van der Waals surface area contributed by atoms with Crippen LogP contribution in [0.2, 0.25) is 0 Å². The molecule has 2 aromatic carbocycles. The van der Waals surface area contributed by atoms with Crippen LogP contribution in [0.15, 0.2) is 47.0 Å². The van der Waals surface area contributed by atoms with Crippen molar-refractivity contribution < 1.29 is 14.0 Å². The minimum atomic E-state index is 0.485. The average molecular weight is 310 g/mol. The Kier molecular flexibility index (Phi) is 4.28. The Hall–Kier alpha value is -2.82. The SMILES string of the molecule is COc1cc(-c2noc(C)n2)ccc1OCc1cccc(C)c1. The van der Waals surface area contributed by atoms with Crippen LogP contribution in [0, 0.1) is 13.8 Å². The zero-order chi connectivity index (χ0) is 16.2. The van der Waals surface area contributed by atoms with Gasteiger partial charge in [0.2, 0.25) is 11.7 Å². The summed E-state index contributed by atoms with van der Waals surface area (Å²) < 4.78 is 16.3. The first-order valence-electron chi connectivity index (χ1n) is 7.33. The summed E-state index contributed by atoms with van der Waals surface area (Å²) in [6.07, 6.45) is 0. The summed E-state index contributed by atoms with van der Waals surface area (Å²) in [5, 5.41) is 3.91. The number of benzene rings is 2. The summed E-state index contributed by atoms with van der Waals surface area (Å²) in [6.45, 7) is 4.30.